The average molecular weight is 578 g/mol. The van der Waals surface area contributed by atoms with Crippen LogP contribution in [0.3, 0.4) is 0 Å². The van der Waals surface area contributed by atoms with E-state index < -0.39 is 32.5 Å². The zero-order valence-electron chi connectivity index (χ0n) is 24.6. The summed E-state index contributed by atoms with van der Waals surface area (Å²) >= 11 is 0. The first-order chi connectivity index (χ1) is 18.8. The van der Waals surface area contributed by atoms with E-state index in [0.717, 1.165) is 64.2 Å². The fourth-order valence-corrected chi connectivity index (χ4v) is 4.63. The van der Waals surface area contributed by atoms with E-state index in [2.05, 4.69) is 26.0 Å². The van der Waals surface area contributed by atoms with E-state index in [1.807, 2.05) is 0 Å². The molecule has 0 amide bonds. The van der Waals surface area contributed by atoms with Crippen LogP contribution in [-0.2, 0) is 32.7 Å². The van der Waals surface area contributed by atoms with Gasteiger partial charge in [0.25, 0.3) is 0 Å². The second kappa shape index (κ2) is 26.9. The lowest BCUT2D eigenvalue weighted by Gasteiger charge is -2.19. The molecule has 0 bridgehead atoms. The zero-order chi connectivity index (χ0) is 29.0. The predicted molar refractivity (Wildman–Crippen MR) is 155 cm³/mol. The molecule has 9 nitrogen and oxygen atoms in total. The van der Waals surface area contributed by atoms with Crippen molar-refractivity contribution in [3.05, 3.63) is 12.2 Å². The van der Waals surface area contributed by atoms with Crippen molar-refractivity contribution in [3.8, 4) is 0 Å². The van der Waals surface area contributed by atoms with Crippen LogP contribution in [0.5, 0.6) is 0 Å². The molecule has 0 aromatic rings. The van der Waals surface area contributed by atoms with Gasteiger partial charge in [0.2, 0.25) is 0 Å². The number of esters is 2. The Morgan fingerprint density at radius 1 is 0.744 bits per heavy atom. The van der Waals surface area contributed by atoms with Gasteiger partial charge in [-0.3, -0.25) is 18.6 Å². The maximum absolute atomic E-state index is 12.4. The Kier molecular flexibility index (Phi) is 26.1. The van der Waals surface area contributed by atoms with Crippen molar-refractivity contribution in [3.63, 3.8) is 0 Å². The van der Waals surface area contributed by atoms with Gasteiger partial charge in [-0.2, -0.15) is 0 Å². The van der Waals surface area contributed by atoms with E-state index in [1.165, 1.54) is 32.1 Å². The summed E-state index contributed by atoms with van der Waals surface area (Å²) in [6.07, 6.45) is 21.3. The van der Waals surface area contributed by atoms with Gasteiger partial charge in [0.05, 0.1) is 13.2 Å². The van der Waals surface area contributed by atoms with Gasteiger partial charge in [0.1, 0.15) is 6.61 Å². The molecule has 0 rings (SSSR count). The molecule has 1 unspecified atom stereocenters. The fourth-order valence-electron chi connectivity index (χ4n) is 3.86. The average Bonchev–Trinajstić information content (AvgIpc) is 2.91. The second-order valence-electron chi connectivity index (χ2n) is 9.97. The number of carbonyl (C=O) groups is 2. The van der Waals surface area contributed by atoms with Crippen molar-refractivity contribution >= 4 is 19.8 Å². The highest BCUT2D eigenvalue weighted by Crippen LogP contribution is 2.43. The van der Waals surface area contributed by atoms with Gasteiger partial charge in [-0.25, -0.2) is 4.57 Å². The number of hydrogen-bond donors (Lipinski definition) is 2. The number of carbonyl (C=O) groups excluding carboxylic acids is 2. The molecule has 0 aliphatic rings. The van der Waals surface area contributed by atoms with Crippen LogP contribution in [-0.4, -0.2) is 49.3 Å². The molecular weight excluding hydrogens is 521 g/mol. The third-order valence-corrected chi connectivity index (χ3v) is 7.14. The maximum Gasteiger partial charge on any atom is 0.472 e. The molecule has 0 saturated heterocycles. The van der Waals surface area contributed by atoms with Gasteiger partial charge in [-0.1, -0.05) is 90.2 Å². The first kappa shape index (κ1) is 37.8. The monoisotopic (exact) mass is 577 g/mol. The predicted octanol–water partition coefficient (Wildman–Crippen LogP) is 7.15. The quantitative estimate of drug-likeness (QED) is 0.0430. The Morgan fingerprint density at radius 3 is 1.87 bits per heavy atom. The normalized spacial score (nSPS) is 13.8. The van der Waals surface area contributed by atoms with E-state index >= 15 is 0 Å². The lowest BCUT2D eigenvalue weighted by atomic mass is 10.1. The number of hydrogen-bond acceptors (Lipinski definition) is 8. The third kappa shape index (κ3) is 26.7. The maximum atomic E-state index is 12.4. The molecule has 10 heteroatoms. The van der Waals surface area contributed by atoms with E-state index in [4.69, 9.17) is 24.3 Å². The van der Waals surface area contributed by atoms with Crippen LogP contribution in [0.1, 0.15) is 129 Å². The summed E-state index contributed by atoms with van der Waals surface area (Å²) in [4.78, 5) is 34.2. The van der Waals surface area contributed by atoms with Gasteiger partial charge in [-0.15, -0.1) is 0 Å². The molecule has 0 saturated carbocycles. The number of rotatable bonds is 28. The lowest BCUT2D eigenvalue weighted by Crippen LogP contribution is -2.29. The second-order valence-corrected chi connectivity index (χ2v) is 11.4. The number of ether oxygens (including phenoxy) is 2. The Morgan fingerprint density at radius 2 is 1.26 bits per heavy atom. The van der Waals surface area contributed by atoms with Crippen molar-refractivity contribution in [2.24, 2.45) is 5.73 Å². The molecule has 3 N–H and O–H groups in total. The summed E-state index contributed by atoms with van der Waals surface area (Å²) in [5.74, 6) is -0.852. The molecule has 0 aliphatic carbocycles. The highest BCUT2D eigenvalue weighted by molar-refractivity contribution is 7.47. The van der Waals surface area contributed by atoms with Gasteiger partial charge >= 0.3 is 19.8 Å². The van der Waals surface area contributed by atoms with Crippen LogP contribution in [0.15, 0.2) is 12.2 Å². The largest absolute Gasteiger partial charge is 0.472 e. The highest BCUT2D eigenvalue weighted by atomic mass is 31.2. The summed E-state index contributed by atoms with van der Waals surface area (Å²) in [6.45, 7) is 3.59. The smallest absolute Gasteiger partial charge is 0.462 e. The fraction of sp³-hybridized carbons (Fsp3) is 0.862. The summed E-state index contributed by atoms with van der Waals surface area (Å²) in [6, 6.07) is 0. The molecule has 0 spiro atoms. The van der Waals surface area contributed by atoms with Gasteiger partial charge in [-0.05, 0) is 38.5 Å². The van der Waals surface area contributed by atoms with Crippen LogP contribution in [0, 0.1) is 0 Å². The number of unbranched alkanes of at least 4 members (excludes halogenated alkanes) is 13. The molecule has 2 atom stereocenters. The minimum atomic E-state index is -4.35. The summed E-state index contributed by atoms with van der Waals surface area (Å²) in [7, 11) is -4.35. The topological polar surface area (TPSA) is 134 Å². The van der Waals surface area contributed by atoms with Crippen LogP contribution in [0.2, 0.25) is 0 Å². The van der Waals surface area contributed by atoms with Gasteiger partial charge < -0.3 is 20.1 Å². The molecule has 0 aromatic heterocycles. The van der Waals surface area contributed by atoms with E-state index in [0.29, 0.717) is 6.42 Å². The molecule has 0 heterocycles. The Hall–Kier alpha value is -1.25. The molecule has 0 aromatic carbocycles. The van der Waals surface area contributed by atoms with Crippen molar-refractivity contribution in [2.45, 2.75) is 136 Å². The molecule has 0 radical (unpaired) electrons. The van der Waals surface area contributed by atoms with E-state index in [9.17, 15) is 19.0 Å². The van der Waals surface area contributed by atoms with Crippen LogP contribution >= 0.6 is 7.82 Å². The van der Waals surface area contributed by atoms with E-state index in [1.54, 1.807) is 0 Å². The Bertz CT molecular complexity index is 674. The number of phosphoric acid groups is 1. The Balaban J connectivity index is 4.33. The molecule has 0 aliphatic heterocycles. The first-order valence-corrected chi connectivity index (χ1v) is 16.7. The first-order valence-electron chi connectivity index (χ1n) is 15.2. The van der Waals surface area contributed by atoms with Crippen LogP contribution < -0.4 is 5.73 Å². The molecule has 0 fully saturated rings. The third-order valence-electron chi connectivity index (χ3n) is 6.15. The van der Waals surface area contributed by atoms with Crippen molar-refractivity contribution in [1.82, 2.24) is 0 Å². The Labute approximate surface area is 237 Å². The van der Waals surface area contributed by atoms with E-state index in [-0.39, 0.29) is 32.6 Å². The highest BCUT2D eigenvalue weighted by Gasteiger charge is 2.25. The molecular formula is C29H56NO8P. The van der Waals surface area contributed by atoms with Crippen LogP contribution in [0.25, 0.3) is 0 Å². The minimum absolute atomic E-state index is 0.0537. The standard InChI is InChI=1S/C29H56NO8P/c1-3-5-7-9-11-12-13-14-15-16-18-20-22-29(32)38-27(26-37-39(33,34)36-24-23-30)25-35-28(31)21-19-17-10-8-6-4-2/h11-12,27H,3-10,13-26,30H2,1-2H3,(H,33,34)/b12-11-/t27-/m1/s1. The summed E-state index contributed by atoms with van der Waals surface area (Å²) in [5, 5.41) is 0. The van der Waals surface area contributed by atoms with Gasteiger partial charge in [0, 0.05) is 19.4 Å². The number of phosphoric ester groups is 1. The summed E-state index contributed by atoms with van der Waals surface area (Å²) in [5.41, 5.74) is 5.29. The van der Waals surface area contributed by atoms with Crippen molar-refractivity contribution in [1.29, 1.82) is 0 Å². The zero-order valence-corrected chi connectivity index (χ0v) is 25.5. The van der Waals surface area contributed by atoms with Crippen molar-refractivity contribution < 1.29 is 37.6 Å². The molecule has 230 valence electrons. The van der Waals surface area contributed by atoms with Gasteiger partial charge in [0.15, 0.2) is 6.10 Å². The summed E-state index contributed by atoms with van der Waals surface area (Å²) < 4.78 is 32.3. The van der Waals surface area contributed by atoms with Crippen molar-refractivity contribution in [2.75, 3.05) is 26.4 Å². The van der Waals surface area contributed by atoms with Crippen LogP contribution in [0.4, 0.5) is 0 Å². The number of nitrogens with two attached hydrogens (primary N) is 1. The number of allylic oxidation sites excluding steroid dienone is 2. The minimum Gasteiger partial charge on any atom is -0.462 e. The molecule has 39 heavy (non-hydrogen) atoms. The SMILES string of the molecule is CCCCC/C=C\CCCCCCCC(=O)O[C@H](COC(=O)CCCCCCCC)COP(=O)(O)OCCN. The lowest BCUT2D eigenvalue weighted by molar-refractivity contribution is -0.161.